The number of hydrogen-bond acceptors (Lipinski definition) is 3. The SMILES string of the molecule is O=C(O)C1CN(Cc2cccc(Br)c2)CCO1. The second-order valence-electron chi connectivity index (χ2n) is 4.06. The molecule has 1 aliphatic rings. The molecule has 5 heteroatoms. The first-order valence-electron chi connectivity index (χ1n) is 5.46. The molecule has 1 fully saturated rings. The van der Waals surface area contributed by atoms with Crippen LogP contribution in [0.15, 0.2) is 28.7 Å². The van der Waals surface area contributed by atoms with Crippen LogP contribution in [0.5, 0.6) is 0 Å². The molecule has 92 valence electrons. The van der Waals surface area contributed by atoms with E-state index in [0.717, 1.165) is 17.6 Å². The highest BCUT2D eigenvalue weighted by molar-refractivity contribution is 9.10. The number of nitrogens with zero attached hydrogens (tertiary/aromatic N) is 1. The largest absolute Gasteiger partial charge is 0.479 e. The minimum absolute atomic E-state index is 0.446. The summed E-state index contributed by atoms with van der Waals surface area (Å²) < 4.78 is 6.22. The van der Waals surface area contributed by atoms with Gasteiger partial charge in [0.05, 0.1) is 6.61 Å². The average Bonchev–Trinajstić information content (AvgIpc) is 2.29. The normalized spacial score (nSPS) is 21.4. The van der Waals surface area contributed by atoms with Gasteiger partial charge in [-0.2, -0.15) is 0 Å². The molecule has 0 amide bonds. The van der Waals surface area contributed by atoms with Crippen molar-refractivity contribution in [2.45, 2.75) is 12.6 Å². The van der Waals surface area contributed by atoms with E-state index in [1.807, 2.05) is 24.3 Å². The molecule has 2 rings (SSSR count). The maximum Gasteiger partial charge on any atom is 0.334 e. The van der Waals surface area contributed by atoms with Crippen LogP contribution >= 0.6 is 15.9 Å². The smallest absolute Gasteiger partial charge is 0.334 e. The van der Waals surface area contributed by atoms with Gasteiger partial charge in [-0.05, 0) is 17.7 Å². The van der Waals surface area contributed by atoms with Crippen LogP contribution in [0, 0.1) is 0 Å². The van der Waals surface area contributed by atoms with Crippen molar-refractivity contribution in [2.24, 2.45) is 0 Å². The summed E-state index contributed by atoms with van der Waals surface area (Å²) in [5.41, 5.74) is 1.17. The Morgan fingerprint density at radius 2 is 2.41 bits per heavy atom. The quantitative estimate of drug-likeness (QED) is 0.923. The fourth-order valence-corrected chi connectivity index (χ4v) is 2.34. The molecule has 4 nitrogen and oxygen atoms in total. The van der Waals surface area contributed by atoms with Gasteiger partial charge < -0.3 is 9.84 Å². The molecule has 1 atom stereocenters. The molecule has 1 aliphatic heterocycles. The van der Waals surface area contributed by atoms with Crippen LogP contribution in [0.4, 0.5) is 0 Å². The van der Waals surface area contributed by atoms with Gasteiger partial charge in [-0.3, -0.25) is 4.90 Å². The highest BCUT2D eigenvalue weighted by Gasteiger charge is 2.25. The van der Waals surface area contributed by atoms with E-state index < -0.39 is 12.1 Å². The number of carboxylic acids is 1. The molecular weight excluding hydrogens is 286 g/mol. The van der Waals surface area contributed by atoms with Crippen molar-refractivity contribution in [3.63, 3.8) is 0 Å². The lowest BCUT2D eigenvalue weighted by Crippen LogP contribution is -2.45. The van der Waals surface area contributed by atoms with E-state index in [0.29, 0.717) is 13.2 Å². The van der Waals surface area contributed by atoms with E-state index in [-0.39, 0.29) is 0 Å². The van der Waals surface area contributed by atoms with E-state index in [9.17, 15) is 4.79 Å². The third-order valence-corrected chi connectivity index (χ3v) is 3.21. The molecule has 1 heterocycles. The Kier molecular flexibility index (Phi) is 4.15. The van der Waals surface area contributed by atoms with E-state index in [1.165, 1.54) is 5.56 Å². The molecule has 1 aromatic carbocycles. The van der Waals surface area contributed by atoms with E-state index in [4.69, 9.17) is 9.84 Å². The lowest BCUT2D eigenvalue weighted by Gasteiger charge is -2.30. The summed E-state index contributed by atoms with van der Waals surface area (Å²) >= 11 is 3.42. The topological polar surface area (TPSA) is 49.8 Å². The lowest BCUT2D eigenvalue weighted by molar-refractivity contribution is -0.156. The second kappa shape index (κ2) is 5.62. The summed E-state index contributed by atoms with van der Waals surface area (Å²) in [5, 5.41) is 8.91. The molecule has 0 bridgehead atoms. The maximum atomic E-state index is 10.8. The van der Waals surface area contributed by atoms with Crippen LogP contribution in [0.25, 0.3) is 0 Å². The van der Waals surface area contributed by atoms with Crippen molar-refractivity contribution < 1.29 is 14.6 Å². The Labute approximate surface area is 108 Å². The molecule has 1 aromatic rings. The van der Waals surface area contributed by atoms with Crippen molar-refractivity contribution >= 4 is 21.9 Å². The summed E-state index contributed by atoms with van der Waals surface area (Å²) in [6.45, 7) is 2.45. The van der Waals surface area contributed by atoms with E-state index >= 15 is 0 Å². The number of carbonyl (C=O) groups is 1. The van der Waals surface area contributed by atoms with Gasteiger partial charge in [-0.15, -0.1) is 0 Å². The van der Waals surface area contributed by atoms with Gasteiger partial charge in [-0.25, -0.2) is 4.79 Å². The van der Waals surface area contributed by atoms with Crippen LogP contribution < -0.4 is 0 Å². The van der Waals surface area contributed by atoms with Gasteiger partial charge in [0.15, 0.2) is 6.10 Å². The second-order valence-corrected chi connectivity index (χ2v) is 4.98. The van der Waals surface area contributed by atoms with E-state index in [2.05, 4.69) is 20.8 Å². The van der Waals surface area contributed by atoms with Crippen molar-refractivity contribution in [2.75, 3.05) is 19.7 Å². The Morgan fingerprint density at radius 3 is 3.12 bits per heavy atom. The molecule has 0 spiro atoms. The fourth-order valence-electron chi connectivity index (χ4n) is 1.89. The summed E-state index contributed by atoms with van der Waals surface area (Å²) in [4.78, 5) is 12.9. The molecule has 0 aromatic heterocycles. The van der Waals surface area contributed by atoms with Crippen molar-refractivity contribution in [1.82, 2.24) is 4.90 Å². The molecule has 1 saturated heterocycles. The van der Waals surface area contributed by atoms with Gasteiger partial charge in [0.2, 0.25) is 0 Å². The number of rotatable bonds is 3. The summed E-state index contributed by atoms with van der Waals surface area (Å²) in [6, 6.07) is 8.04. The summed E-state index contributed by atoms with van der Waals surface area (Å²) in [5.74, 6) is -0.885. The predicted molar refractivity (Wildman–Crippen MR) is 66.8 cm³/mol. The minimum atomic E-state index is -0.885. The zero-order valence-electron chi connectivity index (χ0n) is 9.30. The predicted octanol–water partition coefficient (Wildman–Crippen LogP) is 1.73. The van der Waals surface area contributed by atoms with Crippen molar-refractivity contribution in [1.29, 1.82) is 0 Å². The van der Waals surface area contributed by atoms with Crippen LogP contribution in [-0.2, 0) is 16.1 Å². The van der Waals surface area contributed by atoms with Gasteiger partial charge in [0.1, 0.15) is 0 Å². The summed E-state index contributed by atoms with van der Waals surface area (Å²) in [6.07, 6.45) is -0.698. The molecule has 17 heavy (non-hydrogen) atoms. The molecule has 1 N–H and O–H groups in total. The zero-order valence-corrected chi connectivity index (χ0v) is 10.9. The molecule has 0 saturated carbocycles. The number of morpholine rings is 1. The van der Waals surface area contributed by atoms with Gasteiger partial charge in [-0.1, -0.05) is 28.1 Å². The third kappa shape index (κ3) is 3.52. The van der Waals surface area contributed by atoms with Crippen molar-refractivity contribution in [3.05, 3.63) is 34.3 Å². The summed E-state index contributed by atoms with van der Waals surface area (Å²) in [7, 11) is 0. The molecular formula is C12H14BrNO3. The van der Waals surface area contributed by atoms with E-state index in [1.54, 1.807) is 0 Å². The van der Waals surface area contributed by atoms with Crippen LogP contribution in [0.3, 0.4) is 0 Å². The Morgan fingerprint density at radius 1 is 1.59 bits per heavy atom. The van der Waals surface area contributed by atoms with Gasteiger partial charge in [0, 0.05) is 24.1 Å². The maximum absolute atomic E-state index is 10.8. The first kappa shape index (κ1) is 12.5. The third-order valence-electron chi connectivity index (χ3n) is 2.72. The Balaban J connectivity index is 1.97. The monoisotopic (exact) mass is 299 g/mol. The average molecular weight is 300 g/mol. The van der Waals surface area contributed by atoms with Gasteiger partial charge in [0.25, 0.3) is 0 Å². The minimum Gasteiger partial charge on any atom is -0.479 e. The molecule has 0 aliphatic carbocycles. The van der Waals surface area contributed by atoms with Gasteiger partial charge >= 0.3 is 5.97 Å². The number of hydrogen-bond donors (Lipinski definition) is 1. The Hall–Kier alpha value is -0.910. The Bertz CT molecular complexity index is 410. The molecule has 0 radical (unpaired) electrons. The van der Waals surface area contributed by atoms with Crippen LogP contribution in [0.1, 0.15) is 5.56 Å². The standard InChI is InChI=1S/C12H14BrNO3/c13-10-3-1-2-9(6-10)7-14-4-5-17-11(8-14)12(15)16/h1-3,6,11H,4-5,7-8H2,(H,15,16). The number of aliphatic carboxylic acids is 1. The van der Waals surface area contributed by atoms with Crippen LogP contribution in [0.2, 0.25) is 0 Å². The lowest BCUT2D eigenvalue weighted by atomic mass is 10.2. The molecule has 1 unspecified atom stereocenters. The number of benzene rings is 1. The first-order chi connectivity index (χ1) is 8.15. The zero-order chi connectivity index (χ0) is 12.3. The number of halogens is 1. The van der Waals surface area contributed by atoms with Crippen molar-refractivity contribution in [3.8, 4) is 0 Å². The fraction of sp³-hybridized carbons (Fsp3) is 0.417. The number of ether oxygens (including phenoxy) is 1. The van der Waals surface area contributed by atoms with Crippen LogP contribution in [-0.4, -0.2) is 41.8 Å². The highest BCUT2D eigenvalue weighted by Crippen LogP contribution is 2.15. The number of carboxylic acid groups (broad SMARTS) is 1. The highest BCUT2D eigenvalue weighted by atomic mass is 79.9. The first-order valence-corrected chi connectivity index (χ1v) is 6.25.